The first kappa shape index (κ1) is 16.9. The molecule has 0 unspecified atom stereocenters. The number of carbonyl (C=O) groups is 2. The Hall–Kier alpha value is -3.42. The molecule has 8 heteroatoms. The van der Waals surface area contributed by atoms with Crippen LogP contribution < -0.4 is 15.4 Å². The van der Waals surface area contributed by atoms with Gasteiger partial charge in [-0.1, -0.05) is 6.07 Å². The van der Waals surface area contributed by atoms with Gasteiger partial charge in [-0.05, 0) is 24.3 Å². The highest BCUT2D eigenvalue weighted by Gasteiger charge is 2.18. The van der Waals surface area contributed by atoms with E-state index in [-0.39, 0.29) is 22.9 Å². The second-order valence-corrected chi connectivity index (χ2v) is 4.76. The van der Waals surface area contributed by atoms with E-state index in [1.54, 1.807) is 18.2 Å². The van der Waals surface area contributed by atoms with Crippen molar-refractivity contribution in [3.05, 3.63) is 63.7 Å². The smallest absolute Gasteiger partial charge is 0.270 e. The summed E-state index contributed by atoms with van der Waals surface area (Å²) in [4.78, 5) is 34.3. The van der Waals surface area contributed by atoms with Crippen LogP contribution in [0.1, 0.15) is 20.7 Å². The van der Waals surface area contributed by atoms with E-state index in [0.717, 1.165) is 6.07 Å². The number of rotatable bonds is 5. The van der Waals surface area contributed by atoms with Crippen LogP contribution in [0.25, 0.3) is 0 Å². The first-order chi connectivity index (χ1) is 11.5. The van der Waals surface area contributed by atoms with Gasteiger partial charge < -0.3 is 15.4 Å². The van der Waals surface area contributed by atoms with Crippen LogP contribution in [0.2, 0.25) is 0 Å². The van der Waals surface area contributed by atoms with Gasteiger partial charge in [0.2, 0.25) is 0 Å². The van der Waals surface area contributed by atoms with Crippen molar-refractivity contribution in [2.75, 3.05) is 19.5 Å². The van der Waals surface area contributed by atoms with Gasteiger partial charge in [0, 0.05) is 30.4 Å². The van der Waals surface area contributed by atoms with Gasteiger partial charge in [-0.25, -0.2) is 0 Å². The van der Waals surface area contributed by atoms with Crippen LogP contribution in [0.5, 0.6) is 5.75 Å². The van der Waals surface area contributed by atoms with E-state index in [4.69, 9.17) is 4.74 Å². The zero-order valence-corrected chi connectivity index (χ0v) is 13.0. The monoisotopic (exact) mass is 329 g/mol. The molecule has 0 atom stereocenters. The minimum Gasteiger partial charge on any atom is -0.496 e. The van der Waals surface area contributed by atoms with Crippen molar-refractivity contribution in [2.45, 2.75) is 0 Å². The molecular weight excluding hydrogens is 314 g/mol. The number of amides is 2. The molecule has 0 aromatic heterocycles. The summed E-state index contributed by atoms with van der Waals surface area (Å²) in [7, 11) is 2.87. The van der Waals surface area contributed by atoms with Gasteiger partial charge in [-0.3, -0.25) is 19.7 Å². The molecule has 0 fully saturated rings. The molecular formula is C16H15N3O5. The van der Waals surface area contributed by atoms with Gasteiger partial charge in [0.25, 0.3) is 17.5 Å². The first-order valence-electron chi connectivity index (χ1n) is 6.92. The number of ether oxygens (including phenoxy) is 1. The van der Waals surface area contributed by atoms with Crippen molar-refractivity contribution < 1.29 is 19.2 Å². The van der Waals surface area contributed by atoms with Gasteiger partial charge in [-0.2, -0.15) is 0 Å². The molecule has 0 spiro atoms. The maximum Gasteiger partial charge on any atom is 0.270 e. The minimum atomic E-state index is -0.595. The average molecular weight is 329 g/mol. The van der Waals surface area contributed by atoms with E-state index in [0.29, 0.717) is 11.3 Å². The summed E-state index contributed by atoms with van der Waals surface area (Å²) in [6, 6.07) is 10.1. The number of nitro benzene ring substituents is 1. The second-order valence-electron chi connectivity index (χ2n) is 4.76. The maximum absolute atomic E-state index is 12.4. The number of nitrogens with one attached hydrogen (secondary N) is 2. The van der Waals surface area contributed by atoms with Gasteiger partial charge in [0.1, 0.15) is 5.75 Å². The molecule has 8 nitrogen and oxygen atoms in total. The van der Waals surface area contributed by atoms with E-state index in [9.17, 15) is 19.7 Å². The number of benzene rings is 2. The number of anilines is 1. The van der Waals surface area contributed by atoms with E-state index in [1.165, 1.54) is 32.4 Å². The van der Waals surface area contributed by atoms with Crippen molar-refractivity contribution in [3.8, 4) is 5.75 Å². The lowest BCUT2D eigenvalue weighted by atomic mass is 10.1. The van der Waals surface area contributed by atoms with Crippen molar-refractivity contribution in [3.63, 3.8) is 0 Å². The molecule has 2 N–H and O–H groups in total. The fourth-order valence-corrected chi connectivity index (χ4v) is 2.07. The molecule has 0 aliphatic rings. The van der Waals surface area contributed by atoms with E-state index >= 15 is 0 Å². The summed E-state index contributed by atoms with van der Waals surface area (Å²) in [5, 5.41) is 16.0. The van der Waals surface area contributed by atoms with Crippen LogP contribution in [-0.2, 0) is 0 Å². The molecule has 24 heavy (non-hydrogen) atoms. The standard InChI is InChI=1S/C16H15N3O5/c1-17-15(20)10-4-3-5-11(8-10)18-16(21)13-9-12(19(22)23)6-7-14(13)24-2/h3-9H,1-2H3,(H,17,20)(H,18,21). The summed E-state index contributed by atoms with van der Waals surface area (Å²) in [6.45, 7) is 0. The Morgan fingerprint density at radius 2 is 1.88 bits per heavy atom. The Kier molecular flexibility index (Phi) is 5.10. The Bertz CT molecular complexity index is 804. The minimum absolute atomic E-state index is 0.0250. The summed E-state index contributed by atoms with van der Waals surface area (Å²) in [5.41, 5.74) is 0.563. The van der Waals surface area contributed by atoms with Crippen LogP contribution >= 0.6 is 0 Å². The highest BCUT2D eigenvalue weighted by Crippen LogP contribution is 2.25. The van der Waals surface area contributed by atoms with Crippen LogP contribution in [0.4, 0.5) is 11.4 Å². The van der Waals surface area contributed by atoms with Gasteiger partial charge in [0.05, 0.1) is 17.6 Å². The Balaban J connectivity index is 2.31. The van der Waals surface area contributed by atoms with Gasteiger partial charge in [-0.15, -0.1) is 0 Å². The molecule has 2 rings (SSSR count). The van der Waals surface area contributed by atoms with E-state index in [2.05, 4.69) is 10.6 Å². The van der Waals surface area contributed by atoms with Gasteiger partial charge >= 0.3 is 0 Å². The molecule has 0 heterocycles. The first-order valence-corrected chi connectivity index (χ1v) is 6.92. The number of nitrogens with zero attached hydrogens (tertiary/aromatic N) is 1. The second kappa shape index (κ2) is 7.23. The SMILES string of the molecule is CNC(=O)c1cccc(NC(=O)c2cc([N+](=O)[O-])ccc2OC)c1. The third-order valence-electron chi connectivity index (χ3n) is 3.25. The molecule has 0 aliphatic carbocycles. The van der Waals surface area contributed by atoms with Crippen molar-refractivity contribution >= 4 is 23.2 Å². The lowest BCUT2D eigenvalue weighted by molar-refractivity contribution is -0.384. The van der Waals surface area contributed by atoms with Crippen molar-refractivity contribution in [1.82, 2.24) is 5.32 Å². The molecule has 2 aromatic rings. The highest BCUT2D eigenvalue weighted by atomic mass is 16.6. The molecule has 2 amide bonds. The Labute approximate surface area is 137 Å². The fourth-order valence-electron chi connectivity index (χ4n) is 2.07. The van der Waals surface area contributed by atoms with E-state index < -0.39 is 10.8 Å². The number of carbonyl (C=O) groups excluding carboxylic acids is 2. The van der Waals surface area contributed by atoms with Crippen LogP contribution in [0.3, 0.4) is 0 Å². The number of nitro groups is 1. The number of non-ortho nitro benzene ring substituents is 1. The van der Waals surface area contributed by atoms with Crippen LogP contribution in [-0.4, -0.2) is 30.9 Å². The lowest BCUT2D eigenvalue weighted by Crippen LogP contribution is -2.18. The highest BCUT2D eigenvalue weighted by molar-refractivity contribution is 6.07. The lowest BCUT2D eigenvalue weighted by Gasteiger charge is -2.10. The Morgan fingerprint density at radius 3 is 2.50 bits per heavy atom. The van der Waals surface area contributed by atoms with Crippen LogP contribution in [0, 0.1) is 10.1 Å². The quantitative estimate of drug-likeness (QED) is 0.645. The molecule has 0 aliphatic heterocycles. The largest absolute Gasteiger partial charge is 0.496 e. The van der Waals surface area contributed by atoms with E-state index in [1.807, 2.05) is 0 Å². The summed E-state index contributed by atoms with van der Waals surface area (Å²) in [6.07, 6.45) is 0. The summed E-state index contributed by atoms with van der Waals surface area (Å²) in [5.74, 6) is -0.663. The molecule has 0 saturated carbocycles. The normalized spacial score (nSPS) is 9.92. The maximum atomic E-state index is 12.4. The van der Waals surface area contributed by atoms with Crippen molar-refractivity contribution in [1.29, 1.82) is 0 Å². The van der Waals surface area contributed by atoms with Crippen molar-refractivity contribution in [2.24, 2.45) is 0 Å². The molecule has 124 valence electrons. The predicted molar refractivity (Wildman–Crippen MR) is 87.4 cm³/mol. The number of methoxy groups -OCH3 is 1. The average Bonchev–Trinajstić information content (AvgIpc) is 2.60. The molecule has 0 radical (unpaired) electrons. The summed E-state index contributed by atoms with van der Waals surface area (Å²) >= 11 is 0. The number of hydrogen-bond acceptors (Lipinski definition) is 5. The molecule has 0 saturated heterocycles. The summed E-state index contributed by atoms with van der Waals surface area (Å²) < 4.78 is 5.07. The zero-order valence-electron chi connectivity index (χ0n) is 13.0. The third kappa shape index (κ3) is 3.67. The molecule has 0 bridgehead atoms. The van der Waals surface area contributed by atoms with Gasteiger partial charge in [0.15, 0.2) is 0 Å². The Morgan fingerprint density at radius 1 is 1.12 bits per heavy atom. The predicted octanol–water partition coefficient (Wildman–Crippen LogP) is 2.22. The van der Waals surface area contributed by atoms with Crippen LogP contribution in [0.15, 0.2) is 42.5 Å². The topological polar surface area (TPSA) is 111 Å². The molecule has 2 aromatic carbocycles. The third-order valence-corrected chi connectivity index (χ3v) is 3.25. The number of hydrogen-bond donors (Lipinski definition) is 2. The fraction of sp³-hybridized carbons (Fsp3) is 0.125. The zero-order chi connectivity index (χ0) is 17.7.